The molecule has 1 rings (SSSR count). The van der Waals surface area contributed by atoms with Gasteiger partial charge in [-0.1, -0.05) is 46.8 Å². The van der Waals surface area contributed by atoms with Crippen LogP contribution in [0.25, 0.3) is 0 Å². The summed E-state index contributed by atoms with van der Waals surface area (Å²) in [6.07, 6.45) is 3.45. The maximum absolute atomic E-state index is 6.17. The van der Waals surface area contributed by atoms with Crippen LogP contribution in [-0.2, 0) is 11.2 Å². The molecule has 144 valence electrons. The molecule has 1 aromatic carbocycles. The standard InChI is InChI=1S/C23H40O2/c1-18(2)24-15-14-23(8,9)25-20-12-10-19(11-13-20)16-22(6,7)17-21(3,4)5/h10-13,18H,14-17H2,1-9H3. The molecule has 0 aliphatic rings. The minimum absolute atomic E-state index is 0.220. The molecule has 2 nitrogen and oxygen atoms in total. The van der Waals surface area contributed by atoms with E-state index in [1.54, 1.807) is 0 Å². The first kappa shape index (κ1) is 22.0. The van der Waals surface area contributed by atoms with Gasteiger partial charge in [-0.2, -0.15) is 0 Å². The molecule has 0 amide bonds. The van der Waals surface area contributed by atoms with E-state index >= 15 is 0 Å². The molecule has 2 heteroatoms. The van der Waals surface area contributed by atoms with Crippen molar-refractivity contribution in [1.29, 1.82) is 0 Å². The molecular formula is C23H40O2. The second-order valence-corrected chi connectivity index (χ2v) is 10.3. The Morgan fingerprint density at radius 3 is 1.92 bits per heavy atom. The summed E-state index contributed by atoms with van der Waals surface area (Å²) in [6.45, 7) is 20.8. The monoisotopic (exact) mass is 348 g/mol. The molecular weight excluding hydrogens is 308 g/mol. The van der Waals surface area contributed by atoms with E-state index in [1.165, 1.54) is 12.0 Å². The van der Waals surface area contributed by atoms with E-state index in [-0.39, 0.29) is 11.7 Å². The van der Waals surface area contributed by atoms with Gasteiger partial charge in [0.25, 0.3) is 0 Å². The number of hydrogen-bond donors (Lipinski definition) is 0. The summed E-state index contributed by atoms with van der Waals surface area (Å²) in [5.41, 5.74) is 1.81. The fraction of sp³-hybridized carbons (Fsp3) is 0.739. The van der Waals surface area contributed by atoms with E-state index in [2.05, 4.69) is 86.6 Å². The zero-order chi connectivity index (χ0) is 19.3. The molecule has 25 heavy (non-hydrogen) atoms. The van der Waals surface area contributed by atoms with Crippen molar-refractivity contribution in [1.82, 2.24) is 0 Å². The van der Waals surface area contributed by atoms with E-state index in [1.807, 2.05) is 0 Å². The Morgan fingerprint density at radius 2 is 1.44 bits per heavy atom. The van der Waals surface area contributed by atoms with Crippen molar-refractivity contribution in [2.45, 2.75) is 93.3 Å². The van der Waals surface area contributed by atoms with Crippen molar-refractivity contribution < 1.29 is 9.47 Å². The van der Waals surface area contributed by atoms with Crippen LogP contribution in [0.5, 0.6) is 5.75 Å². The van der Waals surface area contributed by atoms with Crippen molar-refractivity contribution in [3.05, 3.63) is 29.8 Å². The van der Waals surface area contributed by atoms with Gasteiger partial charge in [-0.3, -0.25) is 0 Å². The molecule has 0 radical (unpaired) electrons. The summed E-state index contributed by atoms with van der Waals surface area (Å²) in [4.78, 5) is 0. The molecule has 0 atom stereocenters. The Kier molecular flexibility index (Phi) is 7.55. The van der Waals surface area contributed by atoms with Crippen LogP contribution >= 0.6 is 0 Å². The van der Waals surface area contributed by atoms with Crippen LogP contribution in [0.3, 0.4) is 0 Å². The van der Waals surface area contributed by atoms with Gasteiger partial charge in [0, 0.05) is 6.42 Å². The number of benzene rings is 1. The van der Waals surface area contributed by atoms with E-state index in [4.69, 9.17) is 9.47 Å². The maximum Gasteiger partial charge on any atom is 0.120 e. The zero-order valence-electron chi connectivity index (χ0n) is 18.0. The van der Waals surface area contributed by atoms with E-state index < -0.39 is 0 Å². The molecule has 0 aromatic heterocycles. The van der Waals surface area contributed by atoms with Gasteiger partial charge >= 0.3 is 0 Å². The molecule has 0 unspecified atom stereocenters. The van der Waals surface area contributed by atoms with Gasteiger partial charge in [-0.15, -0.1) is 0 Å². The Bertz CT molecular complexity index is 504. The van der Waals surface area contributed by atoms with Crippen LogP contribution in [-0.4, -0.2) is 18.3 Å². The molecule has 0 aliphatic heterocycles. The molecule has 0 bridgehead atoms. The first-order valence-electron chi connectivity index (χ1n) is 9.68. The number of rotatable bonds is 9. The van der Waals surface area contributed by atoms with Gasteiger partial charge in [-0.25, -0.2) is 0 Å². The molecule has 1 aromatic rings. The predicted molar refractivity (Wildman–Crippen MR) is 108 cm³/mol. The lowest BCUT2D eigenvalue weighted by atomic mass is 9.73. The van der Waals surface area contributed by atoms with Crippen LogP contribution < -0.4 is 4.74 Å². The Balaban J connectivity index is 2.61. The second kappa shape index (κ2) is 8.58. The van der Waals surface area contributed by atoms with Crippen LogP contribution in [0.2, 0.25) is 0 Å². The zero-order valence-corrected chi connectivity index (χ0v) is 18.0. The quantitative estimate of drug-likeness (QED) is 0.496. The average molecular weight is 349 g/mol. The van der Waals surface area contributed by atoms with Crippen LogP contribution in [0.15, 0.2) is 24.3 Å². The van der Waals surface area contributed by atoms with Gasteiger partial charge in [0.2, 0.25) is 0 Å². The minimum Gasteiger partial charge on any atom is -0.488 e. The summed E-state index contributed by atoms with van der Waals surface area (Å²) >= 11 is 0. The maximum atomic E-state index is 6.17. The highest BCUT2D eigenvalue weighted by Crippen LogP contribution is 2.36. The largest absolute Gasteiger partial charge is 0.488 e. The van der Waals surface area contributed by atoms with Gasteiger partial charge in [0.1, 0.15) is 11.4 Å². The summed E-state index contributed by atoms with van der Waals surface area (Å²) in [5, 5.41) is 0. The first-order valence-corrected chi connectivity index (χ1v) is 9.68. The van der Waals surface area contributed by atoms with Gasteiger partial charge in [0.15, 0.2) is 0 Å². The lowest BCUT2D eigenvalue weighted by Crippen LogP contribution is -2.30. The fourth-order valence-electron chi connectivity index (χ4n) is 3.64. The third kappa shape index (κ3) is 9.89. The van der Waals surface area contributed by atoms with E-state index in [0.29, 0.717) is 10.8 Å². The molecule has 0 N–H and O–H groups in total. The highest BCUT2D eigenvalue weighted by Gasteiger charge is 2.26. The van der Waals surface area contributed by atoms with Crippen molar-refractivity contribution in [3.8, 4) is 5.75 Å². The number of hydrogen-bond acceptors (Lipinski definition) is 2. The topological polar surface area (TPSA) is 18.5 Å². The molecule has 0 aliphatic carbocycles. The Morgan fingerprint density at radius 1 is 0.880 bits per heavy atom. The normalized spacial score (nSPS) is 13.4. The highest BCUT2D eigenvalue weighted by molar-refractivity contribution is 5.28. The van der Waals surface area contributed by atoms with Crippen LogP contribution in [0, 0.1) is 10.8 Å². The molecule has 0 saturated heterocycles. The average Bonchev–Trinajstić information content (AvgIpc) is 2.36. The smallest absolute Gasteiger partial charge is 0.120 e. The van der Waals surface area contributed by atoms with Crippen molar-refractivity contribution in [2.24, 2.45) is 10.8 Å². The summed E-state index contributed by atoms with van der Waals surface area (Å²) < 4.78 is 11.8. The van der Waals surface area contributed by atoms with Crippen LogP contribution in [0.4, 0.5) is 0 Å². The van der Waals surface area contributed by atoms with E-state index in [0.717, 1.165) is 25.2 Å². The van der Waals surface area contributed by atoms with Crippen molar-refractivity contribution >= 4 is 0 Å². The lowest BCUT2D eigenvalue weighted by molar-refractivity contribution is 0.0231. The summed E-state index contributed by atoms with van der Waals surface area (Å²) in [6, 6.07) is 8.63. The predicted octanol–water partition coefficient (Wildman–Crippen LogP) is 6.66. The van der Waals surface area contributed by atoms with E-state index in [9.17, 15) is 0 Å². The summed E-state index contributed by atoms with van der Waals surface area (Å²) in [5.74, 6) is 0.937. The van der Waals surface area contributed by atoms with Crippen molar-refractivity contribution in [2.75, 3.05) is 6.61 Å². The third-order valence-corrected chi connectivity index (χ3v) is 4.16. The number of ether oxygens (including phenoxy) is 2. The third-order valence-electron chi connectivity index (χ3n) is 4.16. The molecule has 0 fully saturated rings. The molecule has 0 saturated carbocycles. The fourth-order valence-corrected chi connectivity index (χ4v) is 3.64. The van der Waals surface area contributed by atoms with Crippen LogP contribution in [0.1, 0.15) is 80.7 Å². The highest BCUT2D eigenvalue weighted by atomic mass is 16.5. The Hall–Kier alpha value is -1.02. The van der Waals surface area contributed by atoms with Crippen molar-refractivity contribution in [3.63, 3.8) is 0 Å². The SMILES string of the molecule is CC(C)OCCC(C)(C)Oc1ccc(CC(C)(C)CC(C)(C)C)cc1. The lowest BCUT2D eigenvalue weighted by Gasteiger charge is -2.32. The van der Waals surface area contributed by atoms with Gasteiger partial charge in [0.05, 0.1) is 12.7 Å². The van der Waals surface area contributed by atoms with Gasteiger partial charge in [-0.05, 0) is 69.1 Å². The second-order valence-electron chi connectivity index (χ2n) is 10.3. The molecule has 0 heterocycles. The minimum atomic E-state index is -0.220. The molecule has 0 spiro atoms. The van der Waals surface area contributed by atoms with Gasteiger partial charge < -0.3 is 9.47 Å². The first-order chi connectivity index (χ1) is 11.3. The summed E-state index contributed by atoms with van der Waals surface area (Å²) in [7, 11) is 0. The Labute approximate surface area is 156 Å².